The third kappa shape index (κ3) is 2.35. The number of aryl methyl sites for hydroxylation is 1. The van der Waals surface area contributed by atoms with Gasteiger partial charge in [-0.05, 0) is 13.0 Å². The highest BCUT2D eigenvalue weighted by molar-refractivity contribution is 7.90. The van der Waals surface area contributed by atoms with E-state index in [1.165, 1.54) is 12.1 Å². The standard InChI is InChI=1S/C11H9ClNO3S/c1-7-6-9(16-13-7)11-8(12)4-3-5-10(11)17(2,14)15/h3,5-6H,1-2H3. The molecule has 0 aliphatic heterocycles. The molecule has 2 rings (SSSR count). The van der Waals surface area contributed by atoms with E-state index < -0.39 is 9.84 Å². The molecule has 4 nitrogen and oxygen atoms in total. The van der Waals surface area contributed by atoms with Gasteiger partial charge in [0, 0.05) is 18.4 Å². The largest absolute Gasteiger partial charge is 0.356 e. The molecule has 0 aliphatic rings. The zero-order valence-corrected chi connectivity index (χ0v) is 10.8. The van der Waals surface area contributed by atoms with E-state index in [0.717, 1.165) is 6.26 Å². The maximum Gasteiger partial charge on any atom is 0.176 e. The summed E-state index contributed by atoms with van der Waals surface area (Å²) in [6.07, 6.45) is 1.12. The molecule has 0 saturated heterocycles. The van der Waals surface area contributed by atoms with Gasteiger partial charge in [0.1, 0.15) is 0 Å². The number of aromatic nitrogens is 1. The first kappa shape index (κ1) is 12.1. The second-order valence-electron chi connectivity index (χ2n) is 3.64. The predicted octanol–water partition coefficient (Wildman–Crippen LogP) is 2.51. The van der Waals surface area contributed by atoms with E-state index in [-0.39, 0.29) is 9.92 Å². The normalized spacial score (nSPS) is 11.7. The average molecular weight is 271 g/mol. The van der Waals surface area contributed by atoms with E-state index >= 15 is 0 Å². The average Bonchev–Trinajstić information content (AvgIpc) is 2.63. The first-order valence-corrected chi connectivity index (χ1v) is 7.00. The Bertz CT molecular complexity index is 661. The van der Waals surface area contributed by atoms with Crippen LogP contribution in [0.25, 0.3) is 11.3 Å². The van der Waals surface area contributed by atoms with Gasteiger partial charge in [-0.3, -0.25) is 0 Å². The summed E-state index contributed by atoms with van der Waals surface area (Å²) in [5, 5.41) is 3.91. The molecule has 2 aromatic rings. The Balaban J connectivity index is 2.76. The number of rotatable bonds is 2. The van der Waals surface area contributed by atoms with Crippen LogP contribution in [0.3, 0.4) is 0 Å². The molecule has 0 spiro atoms. The monoisotopic (exact) mass is 270 g/mol. The van der Waals surface area contributed by atoms with Crippen LogP contribution >= 0.6 is 11.6 Å². The maximum absolute atomic E-state index is 11.7. The number of hydrogen-bond donors (Lipinski definition) is 0. The van der Waals surface area contributed by atoms with Gasteiger partial charge in [-0.2, -0.15) is 0 Å². The van der Waals surface area contributed by atoms with Gasteiger partial charge in [-0.1, -0.05) is 22.8 Å². The van der Waals surface area contributed by atoms with Gasteiger partial charge in [0.05, 0.1) is 21.2 Å². The van der Waals surface area contributed by atoms with E-state index in [1.54, 1.807) is 13.0 Å². The Morgan fingerprint density at radius 2 is 2.18 bits per heavy atom. The molecule has 89 valence electrons. The Labute approximate surface area is 104 Å². The van der Waals surface area contributed by atoms with Crippen LogP contribution in [-0.4, -0.2) is 19.8 Å². The second kappa shape index (κ2) is 4.16. The third-order valence-corrected chi connectivity index (χ3v) is 3.62. The minimum absolute atomic E-state index is 0.109. The molecule has 0 bridgehead atoms. The molecule has 1 heterocycles. The van der Waals surface area contributed by atoms with Crippen LogP contribution < -0.4 is 0 Å². The zero-order valence-electron chi connectivity index (χ0n) is 9.19. The smallest absolute Gasteiger partial charge is 0.176 e. The van der Waals surface area contributed by atoms with Crippen LogP contribution in [0.2, 0.25) is 5.02 Å². The van der Waals surface area contributed by atoms with Crippen molar-refractivity contribution in [3.8, 4) is 11.3 Å². The summed E-state index contributed by atoms with van der Waals surface area (Å²) in [5.74, 6) is 0.324. The van der Waals surface area contributed by atoms with Gasteiger partial charge in [0.15, 0.2) is 15.6 Å². The lowest BCUT2D eigenvalue weighted by Crippen LogP contribution is -2.00. The second-order valence-corrected chi connectivity index (χ2v) is 6.00. The lowest BCUT2D eigenvalue weighted by Gasteiger charge is -2.06. The highest BCUT2D eigenvalue weighted by atomic mass is 35.5. The van der Waals surface area contributed by atoms with Crippen LogP contribution in [0.1, 0.15) is 5.69 Å². The van der Waals surface area contributed by atoms with Crippen LogP contribution in [-0.2, 0) is 9.84 Å². The molecule has 1 radical (unpaired) electrons. The van der Waals surface area contributed by atoms with Crippen molar-refractivity contribution in [3.63, 3.8) is 0 Å². The number of halogens is 1. The number of hydrogen-bond acceptors (Lipinski definition) is 4. The van der Waals surface area contributed by atoms with Gasteiger partial charge in [0.25, 0.3) is 0 Å². The fraction of sp³-hybridized carbons (Fsp3) is 0.182. The first-order valence-electron chi connectivity index (χ1n) is 4.73. The van der Waals surface area contributed by atoms with Crippen molar-refractivity contribution in [2.45, 2.75) is 11.8 Å². The molecule has 0 N–H and O–H groups in total. The maximum atomic E-state index is 11.7. The first-order chi connectivity index (χ1) is 7.89. The number of sulfone groups is 1. The van der Waals surface area contributed by atoms with Crippen LogP contribution in [0.5, 0.6) is 0 Å². The molecule has 0 unspecified atom stereocenters. The summed E-state index contributed by atoms with van der Waals surface area (Å²) in [6, 6.07) is 7.26. The van der Waals surface area contributed by atoms with E-state index in [9.17, 15) is 8.42 Å². The molecule has 0 fully saturated rings. The fourth-order valence-corrected chi connectivity index (χ4v) is 2.68. The van der Waals surface area contributed by atoms with Crippen molar-refractivity contribution >= 4 is 21.4 Å². The van der Waals surface area contributed by atoms with E-state index in [2.05, 4.69) is 11.2 Å². The minimum Gasteiger partial charge on any atom is -0.356 e. The fourth-order valence-electron chi connectivity index (χ4n) is 1.47. The lowest BCUT2D eigenvalue weighted by molar-refractivity contribution is 0.426. The molecule has 0 aliphatic carbocycles. The predicted molar refractivity (Wildman–Crippen MR) is 63.6 cm³/mol. The molecular weight excluding hydrogens is 262 g/mol. The summed E-state index contributed by atoms with van der Waals surface area (Å²) in [7, 11) is -3.39. The van der Waals surface area contributed by atoms with Gasteiger partial charge >= 0.3 is 0 Å². The summed E-state index contributed by atoms with van der Waals surface area (Å²) in [5.41, 5.74) is 0.955. The molecular formula is C11H9ClNO3S. The summed E-state index contributed by atoms with van der Waals surface area (Å²) in [4.78, 5) is 0.109. The third-order valence-electron chi connectivity index (χ3n) is 2.18. The minimum atomic E-state index is -3.39. The summed E-state index contributed by atoms with van der Waals surface area (Å²) < 4.78 is 28.4. The molecule has 1 aromatic carbocycles. The lowest BCUT2D eigenvalue weighted by atomic mass is 10.1. The van der Waals surface area contributed by atoms with Crippen molar-refractivity contribution < 1.29 is 12.9 Å². The summed E-state index contributed by atoms with van der Waals surface area (Å²) >= 11 is 5.97. The van der Waals surface area contributed by atoms with Crippen LogP contribution in [0.15, 0.2) is 27.6 Å². The molecule has 0 amide bonds. The molecule has 1 aromatic heterocycles. The van der Waals surface area contributed by atoms with Crippen molar-refractivity contribution in [2.24, 2.45) is 0 Å². The molecule has 0 saturated carbocycles. The SMILES string of the molecule is Cc1cc(-c2c(Cl)[c]ccc2S(C)(=O)=O)on1. The van der Waals surface area contributed by atoms with Gasteiger partial charge < -0.3 is 4.52 Å². The molecule has 17 heavy (non-hydrogen) atoms. The van der Waals surface area contributed by atoms with Gasteiger partial charge in [0.2, 0.25) is 0 Å². The highest BCUT2D eigenvalue weighted by Crippen LogP contribution is 2.33. The Morgan fingerprint density at radius 3 is 2.71 bits per heavy atom. The Morgan fingerprint density at radius 1 is 1.47 bits per heavy atom. The number of nitrogens with zero attached hydrogens (tertiary/aromatic N) is 1. The molecule has 0 atom stereocenters. The van der Waals surface area contributed by atoms with Crippen molar-refractivity contribution in [2.75, 3.05) is 6.26 Å². The van der Waals surface area contributed by atoms with Crippen molar-refractivity contribution in [1.82, 2.24) is 5.16 Å². The van der Waals surface area contributed by atoms with E-state index in [1.807, 2.05) is 0 Å². The van der Waals surface area contributed by atoms with Crippen molar-refractivity contribution in [1.29, 1.82) is 0 Å². The Kier molecular flexibility index (Phi) is 2.97. The summed E-state index contributed by atoms with van der Waals surface area (Å²) in [6.45, 7) is 1.74. The zero-order chi connectivity index (χ0) is 12.6. The molecule has 6 heteroatoms. The van der Waals surface area contributed by atoms with Gasteiger partial charge in [-0.25, -0.2) is 8.42 Å². The van der Waals surface area contributed by atoms with E-state index in [4.69, 9.17) is 16.1 Å². The number of benzene rings is 1. The Hall–Kier alpha value is -1.33. The quantitative estimate of drug-likeness (QED) is 0.841. The van der Waals surface area contributed by atoms with Crippen molar-refractivity contribution in [3.05, 3.63) is 35.0 Å². The van der Waals surface area contributed by atoms with Gasteiger partial charge in [-0.15, -0.1) is 0 Å². The van der Waals surface area contributed by atoms with Crippen LogP contribution in [0.4, 0.5) is 0 Å². The van der Waals surface area contributed by atoms with Crippen LogP contribution in [0, 0.1) is 13.0 Å². The van der Waals surface area contributed by atoms with E-state index in [0.29, 0.717) is 17.0 Å². The topological polar surface area (TPSA) is 60.2 Å². The highest BCUT2D eigenvalue weighted by Gasteiger charge is 2.20.